The van der Waals surface area contributed by atoms with E-state index in [9.17, 15) is 18.0 Å². The monoisotopic (exact) mass is 605 g/mol. The van der Waals surface area contributed by atoms with Crippen LogP contribution in [-0.4, -0.2) is 50.9 Å². The molecule has 0 aliphatic rings. The lowest BCUT2D eigenvalue weighted by atomic mass is 10.1. The number of halogens is 2. The standard InChI is InChI=1S/C29H33Cl2N3O5S/c1-19(2)32-29(36)21(4)33(17-22-11-13-23(39-5)14-12-22)27(35)18-34(26-8-6-7-25(30)28(26)31)40(37,38)24-15-9-20(3)10-16-24/h6-16,19,21H,17-18H2,1-5H3,(H,32,36)/t21-/m1/s1. The Kier molecular flexibility index (Phi) is 10.5. The van der Waals surface area contributed by atoms with Gasteiger partial charge in [0.25, 0.3) is 10.0 Å². The van der Waals surface area contributed by atoms with E-state index in [1.54, 1.807) is 56.5 Å². The Morgan fingerprint density at radius 3 is 2.15 bits per heavy atom. The zero-order valence-electron chi connectivity index (χ0n) is 23.0. The number of ether oxygens (including phenoxy) is 1. The minimum absolute atomic E-state index is 0.0139. The summed E-state index contributed by atoms with van der Waals surface area (Å²) >= 11 is 12.7. The maximum atomic E-state index is 14.0. The summed E-state index contributed by atoms with van der Waals surface area (Å²) in [7, 11) is -2.71. The summed E-state index contributed by atoms with van der Waals surface area (Å²) in [6.07, 6.45) is 0. The van der Waals surface area contributed by atoms with Crippen LogP contribution < -0.4 is 14.4 Å². The number of rotatable bonds is 11. The number of nitrogens with zero attached hydrogens (tertiary/aromatic N) is 2. The number of aryl methyl sites for hydroxylation is 1. The van der Waals surface area contributed by atoms with Gasteiger partial charge in [-0.15, -0.1) is 0 Å². The van der Waals surface area contributed by atoms with Crippen LogP contribution in [0.1, 0.15) is 31.9 Å². The van der Waals surface area contributed by atoms with E-state index in [-0.39, 0.29) is 39.1 Å². The number of carbonyl (C=O) groups is 2. The minimum Gasteiger partial charge on any atom is -0.497 e. The number of amides is 2. The minimum atomic E-state index is -4.26. The third-order valence-corrected chi connectivity index (χ3v) is 8.78. The van der Waals surface area contributed by atoms with Crippen molar-refractivity contribution in [2.45, 2.75) is 51.2 Å². The molecule has 8 nitrogen and oxygen atoms in total. The van der Waals surface area contributed by atoms with Crippen molar-refractivity contribution in [3.05, 3.63) is 87.9 Å². The van der Waals surface area contributed by atoms with Gasteiger partial charge >= 0.3 is 0 Å². The van der Waals surface area contributed by atoms with Crippen molar-refractivity contribution in [1.29, 1.82) is 0 Å². The van der Waals surface area contributed by atoms with Crippen molar-refractivity contribution < 1.29 is 22.7 Å². The number of benzene rings is 3. The molecule has 1 N–H and O–H groups in total. The second-order valence-corrected chi connectivity index (χ2v) is 12.3. The summed E-state index contributed by atoms with van der Waals surface area (Å²) < 4.78 is 34.0. The van der Waals surface area contributed by atoms with Crippen molar-refractivity contribution in [2.75, 3.05) is 18.0 Å². The summed E-state index contributed by atoms with van der Waals surface area (Å²) in [6, 6.07) is 16.8. The first-order valence-electron chi connectivity index (χ1n) is 12.6. The maximum absolute atomic E-state index is 14.0. The molecule has 3 aromatic rings. The van der Waals surface area contributed by atoms with Gasteiger partial charge in [0, 0.05) is 12.6 Å². The zero-order valence-corrected chi connectivity index (χ0v) is 25.3. The van der Waals surface area contributed by atoms with Crippen molar-refractivity contribution in [1.82, 2.24) is 10.2 Å². The molecule has 0 heterocycles. The Bertz CT molecular complexity index is 1450. The molecule has 0 aromatic heterocycles. The third-order valence-electron chi connectivity index (χ3n) is 6.20. The van der Waals surface area contributed by atoms with Gasteiger partial charge in [0.2, 0.25) is 11.8 Å². The van der Waals surface area contributed by atoms with Gasteiger partial charge in [0.05, 0.1) is 27.7 Å². The normalized spacial score (nSPS) is 12.1. The molecular weight excluding hydrogens is 573 g/mol. The van der Waals surface area contributed by atoms with Gasteiger partial charge in [-0.05, 0) is 69.7 Å². The predicted octanol–water partition coefficient (Wildman–Crippen LogP) is 5.45. The summed E-state index contributed by atoms with van der Waals surface area (Å²) in [5.41, 5.74) is 1.65. The van der Waals surface area contributed by atoms with Crippen LogP contribution in [0.4, 0.5) is 5.69 Å². The van der Waals surface area contributed by atoms with Crippen LogP contribution >= 0.6 is 23.2 Å². The van der Waals surface area contributed by atoms with Crippen molar-refractivity contribution in [3.63, 3.8) is 0 Å². The number of hydrogen-bond donors (Lipinski definition) is 1. The third kappa shape index (κ3) is 7.47. The Balaban J connectivity index is 2.06. The molecule has 0 radical (unpaired) electrons. The van der Waals surface area contributed by atoms with E-state index in [1.807, 2.05) is 20.8 Å². The molecule has 0 fully saturated rings. The van der Waals surface area contributed by atoms with Crippen LogP contribution in [0.25, 0.3) is 0 Å². The van der Waals surface area contributed by atoms with E-state index in [0.717, 1.165) is 15.4 Å². The topological polar surface area (TPSA) is 96.0 Å². The highest BCUT2D eigenvalue weighted by Gasteiger charge is 2.33. The van der Waals surface area contributed by atoms with Crippen LogP contribution in [0.2, 0.25) is 10.0 Å². The Hall–Kier alpha value is -3.27. The van der Waals surface area contributed by atoms with Crippen LogP contribution in [0.15, 0.2) is 71.6 Å². The molecule has 0 spiro atoms. The first-order chi connectivity index (χ1) is 18.8. The molecule has 0 saturated carbocycles. The van der Waals surface area contributed by atoms with Crippen LogP contribution in [0, 0.1) is 6.92 Å². The van der Waals surface area contributed by atoms with Gasteiger partial charge in [-0.3, -0.25) is 13.9 Å². The molecule has 0 unspecified atom stereocenters. The number of anilines is 1. The number of nitrogens with one attached hydrogen (secondary N) is 1. The molecule has 0 bridgehead atoms. The van der Waals surface area contributed by atoms with Crippen LogP contribution in [0.3, 0.4) is 0 Å². The van der Waals surface area contributed by atoms with Gasteiger partial charge < -0.3 is 15.0 Å². The largest absolute Gasteiger partial charge is 0.497 e. The average Bonchev–Trinajstić information content (AvgIpc) is 2.91. The molecule has 0 aliphatic heterocycles. The lowest BCUT2D eigenvalue weighted by Gasteiger charge is -2.32. The molecular formula is C29H33Cl2N3O5S. The highest BCUT2D eigenvalue weighted by Crippen LogP contribution is 2.35. The average molecular weight is 607 g/mol. The molecule has 11 heteroatoms. The highest BCUT2D eigenvalue weighted by atomic mass is 35.5. The van der Waals surface area contributed by atoms with Crippen LogP contribution in [-0.2, 0) is 26.2 Å². The lowest BCUT2D eigenvalue weighted by Crippen LogP contribution is -2.52. The molecule has 40 heavy (non-hydrogen) atoms. The van der Waals surface area contributed by atoms with Gasteiger partial charge in [-0.2, -0.15) is 0 Å². The summed E-state index contributed by atoms with van der Waals surface area (Å²) in [5, 5.41) is 2.94. The Labute approximate surface area is 245 Å². The Morgan fingerprint density at radius 1 is 0.950 bits per heavy atom. The van der Waals surface area contributed by atoms with Gasteiger partial charge in [0.1, 0.15) is 18.3 Å². The first kappa shape index (κ1) is 31.3. The van der Waals surface area contributed by atoms with Crippen molar-refractivity contribution >= 4 is 50.7 Å². The maximum Gasteiger partial charge on any atom is 0.264 e. The molecule has 1 atom stereocenters. The predicted molar refractivity (Wildman–Crippen MR) is 158 cm³/mol. The van der Waals surface area contributed by atoms with Gasteiger partial charge in [0.15, 0.2) is 0 Å². The SMILES string of the molecule is COc1ccc(CN(C(=O)CN(c2cccc(Cl)c2Cl)S(=O)(=O)c2ccc(C)cc2)[C@H](C)C(=O)NC(C)C)cc1. The van der Waals surface area contributed by atoms with E-state index in [4.69, 9.17) is 27.9 Å². The number of carbonyl (C=O) groups excluding carboxylic acids is 2. The molecule has 214 valence electrons. The summed E-state index contributed by atoms with van der Waals surface area (Å²) in [5.74, 6) is -0.335. The molecule has 3 aromatic carbocycles. The second kappa shape index (κ2) is 13.4. The highest BCUT2D eigenvalue weighted by molar-refractivity contribution is 7.92. The van der Waals surface area contributed by atoms with Gasteiger partial charge in [-0.25, -0.2) is 8.42 Å². The van der Waals surface area contributed by atoms with Gasteiger partial charge in [-0.1, -0.05) is 59.1 Å². The van der Waals surface area contributed by atoms with E-state index in [2.05, 4.69) is 5.32 Å². The first-order valence-corrected chi connectivity index (χ1v) is 14.8. The zero-order chi connectivity index (χ0) is 29.6. The van der Waals surface area contributed by atoms with Crippen LogP contribution in [0.5, 0.6) is 5.75 Å². The van der Waals surface area contributed by atoms with E-state index in [1.165, 1.54) is 29.2 Å². The number of hydrogen-bond acceptors (Lipinski definition) is 5. The molecule has 0 aliphatic carbocycles. The quantitative estimate of drug-likeness (QED) is 0.313. The van der Waals surface area contributed by atoms with Crippen molar-refractivity contribution in [3.8, 4) is 5.75 Å². The lowest BCUT2D eigenvalue weighted by molar-refractivity contribution is -0.139. The fourth-order valence-electron chi connectivity index (χ4n) is 3.95. The summed E-state index contributed by atoms with van der Waals surface area (Å²) in [4.78, 5) is 28.3. The number of methoxy groups -OCH3 is 1. The number of sulfonamides is 1. The fraction of sp³-hybridized carbons (Fsp3) is 0.310. The fourth-order valence-corrected chi connectivity index (χ4v) is 5.82. The smallest absolute Gasteiger partial charge is 0.264 e. The Morgan fingerprint density at radius 2 is 1.57 bits per heavy atom. The molecule has 0 saturated heterocycles. The van der Waals surface area contributed by atoms with E-state index in [0.29, 0.717) is 5.75 Å². The second-order valence-electron chi connectivity index (χ2n) is 9.61. The van der Waals surface area contributed by atoms with E-state index >= 15 is 0 Å². The molecule has 2 amide bonds. The molecule has 3 rings (SSSR count). The summed E-state index contributed by atoms with van der Waals surface area (Å²) in [6.45, 7) is 6.51. The van der Waals surface area contributed by atoms with Crippen molar-refractivity contribution in [2.24, 2.45) is 0 Å². The van der Waals surface area contributed by atoms with E-state index < -0.39 is 28.5 Å².